The third-order valence-corrected chi connectivity index (χ3v) is 4.23. The van der Waals surface area contributed by atoms with Gasteiger partial charge < -0.3 is 5.32 Å². The molecule has 0 aliphatic heterocycles. The third-order valence-electron chi connectivity index (χ3n) is 3.26. The summed E-state index contributed by atoms with van der Waals surface area (Å²) >= 11 is 9.42. The molecule has 0 aromatic heterocycles. The molecule has 0 radical (unpaired) electrons. The molecule has 0 aliphatic rings. The molecule has 106 valence electrons. The highest BCUT2D eigenvalue weighted by atomic mass is 79.9. The van der Waals surface area contributed by atoms with Gasteiger partial charge in [-0.2, -0.15) is 0 Å². The normalized spacial score (nSPS) is 12.4. The summed E-state index contributed by atoms with van der Waals surface area (Å²) in [6.07, 6.45) is 1.70. The molecule has 0 saturated carbocycles. The SMILES string of the molecule is CNC(Cc1cccc(Cl)c1)Cc1ccc(F)cc1Br. The predicted octanol–water partition coefficient (Wildman–Crippen LogP) is 4.61. The summed E-state index contributed by atoms with van der Waals surface area (Å²) < 4.78 is 13.9. The van der Waals surface area contributed by atoms with Gasteiger partial charge in [-0.25, -0.2) is 4.39 Å². The molecule has 1 nitrogen and oxygen atoms in total. The molecule has 4 heteroatoms. The minimum absolute atomic E-state index is 0.225. The monoisotopic (exact) mass is 355 g/mol. The molecule has 0 heterocycles. The van der Waals surface area contributed by atoms with E-state index in [4.69, 9.17) is 11.6 Å². The minimum Gasteiger partial charge on any atom is -0.316 e. The van der Waals surface area contributed by atoms with Gasteiger partial charge >= 0.3 is 0 Å². The van der Waals surface area contributed by atoms with Crippen LogP contribution in [-0.2, 0) is 12.8 Å². The Labute approximate surface area is 132 Å². The largest absolute Gasteiger partial charge is 0.316 e. The first-order valence-electron chi connectivity index (χ1n) is 6.44. The van der Waals surface area contributed by atoms with Crippen LogP contribution in [-0.4, -0.2) is 13.1 Å². The van der Waals surface area contributed by atoms with Gasteiger partial charge in [-0.05, 0) is 55.3 Å². The van der Waals surface area contributed by atoms with Crippen LogP contribution >= 0.6 is 27.5 Å². The summed E-state index contributed by atoms with van der Waals surface area (Å²) in [5.41, 5.74) is 2.28. The van der Waals surface area contributed by atoms with E-state index in [1.807, 2.05) is 31.3 Å². The summed E-state index contributed by atoms with van der Waals surface area (Å²) in [7, 11) is 1.94. The summed E-state index contributed by atoms with van der Waals surface area (Å²) in [4.78, 5) is 0. The summed E-state index contributed by atoms with van der Waals surface area (Å²) in [5.74, 6) is -0.225. The second-order valence-corrected chi connectivity index (χ2v) is 6.05. The average molecular weight is 357 g/mol. The Kier molecular flexibility index (Phi) is 5.58. The second-order valence-electron chi connectivity index (χ2n) is 4.76. The van der Waals surface area contributed by atoms with Crippen molar-refractivity contribution in [1.82, 2.24) is 5.32 Å². The lowest BCUT2D eigenvalue weighted by molar-refractivity contribution is 0.554. The van der Waals surface area contributed by atoms with Crippen molar-refractivity contribution in [2.75, 3.05) is 7.05 Å². The maximum absolute atomic E-state index is 13.1. The fourth-order valence-corrected chi connectivity index (χ4v) is 2.90. The highest BCUT2D eigenvalue weighted by Gasteiger charge is 2.11. The summed E-state index contributed by atoms with van der Waals surface area (Å²) in [6.45, 7) is 0. The van der Waals surface area contributed by atoms with Gasteiger partial charge in [-0.3, -0.25) is 0 Å². The first-order chi connectivity index (χ1) is 9.58. The molecular weight excluding hydrogens is 341 g/mol. The van der Waals surface area contributed by atoms with E-state index in [0.717, 1.165) is 27.9 Å². The summed E-state index contributed by atoms with van der Waals surface area (Å²) in [6, 6.07) is 13.0. The maximum atomic E-state index is 13.1. The number of nitrogens with one attached hydrogen (secondary N) is 1. The van der Waals surface area contributed by atoms with Gasteiger partial charge in [0.2, 0.25) is 0 Å². The van der Waals surface area contributed by atoms with Gasteiger partial charge in [0.25, 0.3) is 0 Å². The van der Waals surface area contributed by atoms with E-state index in [0.29, 0.717) is 0 Å². The van der Waals surface area contributed by atoms with Crippen LogP contribution in [0.5, 0.6) is 0 Å². The van der Waals surface area contributed by atoms with Gasteiger partial charge in [-0.1, -0.05) is 45.7 Å². The van der Waals surface area contributed by atoms with Crippen molar-refractivity contribution in [3.63, 3.8) is 0 Å². The van der Waals surface area contributed by atoms with Crippen LogP contribution in [0, 0.1) is 5.82 Å². The van der Waals surface area contributed by atoms with Crippen molar-refractivity contribution in [3.8, 4) is 0 Å². The maximum Gasteiger partial charge on any atom is 0.124 e. The molecule has 2 aromatic rings. The Bertz CT molecular complexity index is 588. The highest BCUT2D eigenvalue weighted by molar-refractivity contribution is 9.10. The van der Waals surface area contributed by atoms with Crippen LogP contribution in [0.1, 0.15) is 11.1 Å². The topological polar surface area (TPSA) is 12.0 Å². The van der Waals surface area contributed by atoms with Gasteiger partial charge in [0, 0.05) is 15.5 Å². The van der Waals surface area contributed by atoms with E-state index in [2.05, 4.69) is 27.3 Å². The molecule has 0 aliphatic carbocycles. The van der Waals surface area contributed by atoms with Crippen LogP contribution in [0.15, 0.2) is 46.9 Å². The molecule has 1 atom stereocenters. The Morgan fingerprint density at radius 3 is 2.65 bits per heavy atom. The highest BCUT2D eigenvalue weighted by Crippen LogP contribution is 2.21. The molecule has 0 amide bonds. The van der Waals surface area contributed by atoms with Crippen molar-refractivity contribution in [3.05, 3.63) is 68.9 Å². The Balaban J connectivity index is 2.09. The predicted molar refractivity (Wildman–Crippen MR) is 85.8 cm³/mol. The molecule has 0 bridgehead atoms. The Morgan fingerprint density at radius 1 is 1.20 bits per heavy atom. The molecule has 1 N–H and O–H groups in total. The molecule has 0 saturated heterocycles. The van der Waals surface area contributed by atoms with Crippen molar-refractivity contribution in [1.29, 1.82) is 0 Å². The fourth-order valence-electron chi connectivity index (χ4n) is 2.18. The number of benzene rings is 2. The number of likely N-dealkylation sites (N-methyl/N-ethyl adjacent to an activating group) is 1. The van der Waals surface area contributed by atoms with E-state index in [9.17, 15) is 4.39 Å². The zero-order valence-corrected chi connectivity index (χ0v) is 13.5. The molecule has 2 aromatic carbocycles. The zero-order valence-electron chi connectivity index (χ0n) is 11.2. The van der Waals surface area contributed by atoms with Crippen LogP contribution in [0.4, 0.5) is 4.39 Å². The van der Waals surface area contributed by atoms with Crippen molar-refractivity contribution >= 4 is 27.5 Å². The Morgan fingerprint density at radius 2 is 2.00 bits per heavy atom. The third kappa shape index (κ3) is 4.30. The van der Waals surface area contributed by atoms with E-state index in [-0.39, 0.29) is 11.9 Å². The number of hydrogen-bond acceptors (Lipinski definition) is 1. The molecular formula is C16H16BrClFN. The minimum atomic E-state index is -0.225. The smallest absolute Gasteiger partial charge is 0.124 e. The van der Waals surface area contributed by atoms with E-state index in [1.54, 1.807) is 0 Å². The van der Waals surface area contributed by atoms with Crippen LogP contribution in [0.25, 0.3) is 0 Å². The lowest BCUT2D eigenvalue weighted by Crippen LogP contribution is -2.30. The van der Waals surface area contributed by atoms with E-state index >= 15 is 0 Å². The first-order valence-corrected chi connectivity index (χ1v) is 7.61. The van der Waals surface area contributed by atoms with Crippen LogP contribution in [0.2, 0.25) is 5.02 Å². The van der Waals surface area contributed by atoms with Gasteiger partial charge in [0.15, 0.2) is 0 Å². The van der Waals surface area contributed by atoms with Crippen LogP contribution in [0.3, 0.4) is 0 Å². The molecule has 1 unspecified atom stereocenters. The first kappa shape index (κ1) is 15.5. The van der Waals surface area contributed by atoms with Gasteiger partial charge in [-0.15, -0.1) is 0 Å². The number of halogens is 3. The average Bonchev–Trinajstić information content (AvgIpc) is 2.41. The standard InChI is InChI=1S/C16H16BrClFN/c1-20-15(8-11-3-2-4-13(18)7-11)9-12-5-6-14(19)10-16(12)17/h2-7,10,15,20H,8-9H2,1H3. The second kappa shape index (κ2) is 7.21. The Hall–Kier alpha value is -0.900. The van der Waals surface area contributed by atoms with Crippen molar-refractivity contribution < 1.29 is 4.39 Å². The molecule has 0 fully saturated rings. The molecule has 2 rings (SSSR count). The van der Waals surface area contributed by atoms with Crippen LogP contribution < -0.4 is 5.32 Å². The van der Waals surface area contributed by atoms with E-state index in [1.165, 1.54) is 17.7 Å². The fraction of sp³-hybridized carbons (Fsp3) is 0.250. The van der Waals surface area contributed by atoms with Gasteiger partial charge in [0.1, 0.15) is 5.82 Å². The van der Waals surface area contributed by atoms with Crippen molar-refractivity contribution in [2.45, 2.75) is 18.9 Å². The van der Waals surface area contributed by atoms with Gasteiger partial charge in [0.05, 0.1) is 0 Å². The molecule has 20 heavy (non-hydrogen) atoms. The summed E-state index contributed by atoms with van der Waals surface area (Å²) in [5, 5.41) is 4.05. The number of hydrogen-bond donors (Lipinski definition) is 1. The lowest BCUT2D eigenvalue weighted by atomic mass is 9.99. The molecule has 0 spiro atoms. The van der Waals surface area contributed by atoms with E-state index < -0.39 is 0 Å². The zero-order chi connectivity index (χ0) is 14.5. The van der Waals surface area contributed by atoms with Crippen molar-refractivity contribution in [2.24, 2.45) is 0 Å². The number of rotatable bonds is 5. The quantitative estimate of drug-likeness (QED) is 0.824. The lowest BCUT2D eigenvalue weighted by Gasteiger charge is -2.17.